The molecule has 0 aromatic carbocycles. The molecule has 106 valence electrons. The Kier molecular flexibility index (Phi) is 3.50. The molecule has 1 aliphatic heterocycles. The van der Waals surface area contributed by atoms with Crippen LogP contribution in [0, 0.1) is 13.8 Å². The van der Waals surface area contributed by atoms with Crippen LogP contribution in [0.1, 0.15) is 29.7 Å². The molecule has 6 heteroatoms. The van der Waals surface area contributed by atoms with Crippen molar-refractivity contribution in [1.82, 2.24) is 20.4 Å². The Morgan fingerprint density at radius 1 is 1.25 bits per heavy atom. The Labute approximate surface area is 117 Å². The molecule has 3 rings (SSSR count). The minimum atomic E-state index is 0.0743. The first-order valence-electron chi connectivity index (χ1n) is 6.71. The molecule has 2 aromatic rings. The van der Waals surface area contributed by atoms with Crippen molar-refractivity contribution in [3.05, 3.63) is 29.4 Å². The number of aryl methyl sites for hydroxylation is 2. The number of nitrogens with one attached hydrogen (secondary N) is 1. The second kappa shape index (κ2) is 5.30. The van der Waals surface area contributed by atoms with Gasteiger partial charge in [0, 0.05) is 30.6 Å². The Bertz CT molecular complexity index is 591. The van der Waals surface area contributed by atoms with Gasteiger partial charge in [0.2, 0.25) is 11.7 Å². The Morgan fingerprint density at radius 2 is 2.00 bits per heavy atom. The van der Waals surface area contributed by atoms with E-state index in [1.54, 1.807) is 7.11 Å². The number of pyridine rings is 1. The molecule has 2 aromatic heterocycles. The smallest absolute Gasteiger partial charge is 0.244 e. The van der Waals surface area contributed by atoms with Gasteiger partial charge in [-0.3, -0.25) is 4.98 Å². The number of hydrogen-bond donors (Lipinski definition) is 1. The fraction of sp³-hybridized carbons (Fsp3) is 0.500. The second-order valence-corrected chi connectivity index (χ2v) is 5.15. The first-order chi connectivity index (χ1) is 9.65. The van der Waals surface area contributed by atoms with Gasteiger partial charge in [0.25, 0.3) is 0 Å². The molecule has 0 saturated carbocycles. The lowest BCUT2D eigenvalue weighted by atomic mass is 10.2. The molecule has 20 heavy (non-hydrogen) atoms. The van der Waals surface area contributed by atoms with Gasteiger partial charge in [0.15, 0.2) is 0 Å². The van der Waals surface area contributed by atoms with Crippen LogP contribution in [-0.4, -0.2) is 34.9 Å². The Morgan fingerprint density at radius 3 is 2.65 bits per heavy atom. The predicted molar refractivity (Wildman–Crippen MR) is 73.2 cm³/mol. The standard InChI is InChI=1S/C14H18N4O2/c1-8-4-10(5-9(2)16-8)13-17-14(20-18-13)12-6-11(19-3)7-15-12/h4-5,11-12,15H,6-7H2,1-3H3. The zero-order valence-electron chi connectivity index (χ0n) is 11.9. The van der Waals surface area contributed by atoms with Crippen LogP contribution >= 0.6 is 0 Å². The molecule has 0 spiro atoms. The molecule has 0 amide bonds. The third kappa shape index (κ3) is 2.57. The van der Waals surface area contributed by atoms with Gasteiger partial charge >= 0.3 is 0 Å². The highest BCUT2D eigenvalue weighted by molar-refractivity contribution is 5.55. The van der Waals surface area contributed by atoms with E-state index in [-0.39, 0.29) is 12.1 Å². The first-order valence-corrected chi connectivity index (χ1v) is 6.71. The summed E-state index contributed by atoms with van der Waals surface area (Å²) in [7, 11) is 1.72. The summed E-state index contributed by atoms with van der Waals surface area (Å²) in [6.07, 6.45) is 1.06. The fourth-order valence-electron chi connectivity index (χ4n) is 2.53. The van der Waals surface area contributed by atoms with E-state index in [0.29, 0.717) is 11.7 Å². The Hall–Kier alpha value is -1.79. The SMILES string of the molecule is COC1CNC(c2nc(-c3cc(C)nc(C)c3)no2)C1. The van der Waals surface area contributed by atoms with E-state index in [0.717, 1.165) is 29.9 Å². The highest BCUT2D eigenvalue weighted by Gasteiger charge is 2.29. The summed E-state index contributed by atoms with van der Waals surface area (Å²) in [5, 5.41) is 7.40. The summed E-state index contributed by atoms with van der Waals surface area (Å²) < 4.78 is 10.7. The third-order valence-electron chi connectivity index (χ3n) is 3.50. The van der Waals surface area contributed by atoms with Crippen molar-refractivity contribution in [2.45, 2.75) is 32.4 Å². The monoisotopic (exact) mass is 274 g/mol. The normalized spacial score (nSPS) is 22.4. The van der Waals surface area contributed by atoms with Crippen LogP contribution in [0.5, 0.6) is 0 Å². The first kappa shape index (κ1) is 13.2. The van der Waals surface area contributed by atoms with Crippen LogP contribution in [0.25, 0.3) is 11.4 Å². The van der Waals surface area contributed by atoms with Crippen LogP contribution in [0.3, 0.4) is 0 Å². The summed E-state index contributed by atoms with van der Waals surface area (Å²) in [6, 6.07) is 3.99. The molecule has 2 atom stereocenters. The summed E-state index contributed by atoms with van der Waals surface area (Å²) in [4.78, 5) is 8.84. The molecule has 3 heterocycles. The number of nitrogens with zero attached hydrogens (tertiary/aromatic N) is 3. The molecular formula is C14H18N4O2. The van der Waals surface area contributed by atoms with Crippen molar-refractivity contribution in [3.8, 4) is 11.4 Å². The van der Waals surface area contributed by atoms with E-state index < -0.39 is 0 Å². The van der Waals surface area contributed by atoms with Gasteiger partial charge in [-0.15, -0.1) is 0 Å². The van der Waals surface area contributed by atoms with Crippen LogP contribution < -0.4 is 5.32 Å². The van der Waals surface area contributed by atoms with Gasteiger partial charge in [-0.05, 0) is 32.4 Å². The van der Waals surface area contributed by atoms with Crippen LogP contribution in [0.4, 0.5) is 0 Å². The predicted octanol–water partition coefficient (Wildman–Crippen LogP) is 1.80. The number of methoxy groups -OCH3 is 1. The maximum absolute atomic E-state index is 5.38. The van der Waals surface area contributed by atoms with Gasteiger partial charge in [0.05, 0.1) is 12.1 Å². The molecule has 1 aliphatic rings. The van der Waals surface area contributed by atoms with Gasteiger partial charge in [-0.25, -0.2) is 0 Å². The highest BCUT2D eigenvalue weighted by Crippen LogP contribution is 2.26. The van der Waals surface area contributed by atoms with Crippen molar-refractivity contribution in [3.63, 3.8) is 0 Å². The largest absolute Gasteiger partial charge is 0.380 e. The van der Waals surface area contributed by atoms with Crippen molar-refractivity contribution in [2.24, 2.45) is 0 Å². The lowest BCUT2D eigenvalue weighted by molar-refractivity contribution is 0.116. The van der Waals surface area contributed by atoms with Gasteiger partial charge in [-0.1, -0.05) is 5.16 Å². The second-order valence-electron chi connectivity index (χ2n) is 5.15. The average molecular weight is 274 g/mol. The van der Waals surface area contributed by atoms with E-state index >= 15 is 0 Å². The average Bonchev–Trinajstić information content (AvgIpc) is 3.06. The summed E-state index contributed by atoms with van der Waals surface area (Å²) in [6.45, 7) is 4.73. The highest BCUT2D eigenvalue weighted by atomic mass is 16.5. The minimum absolute atomic E-state index is 0.0743. The van der Waals surface area contributed by atoms with Crippen molar-refractivity contribution in [2.75, 3.05) is 13.7 Å². The maximum atomic E-state index is 5.38. The summed E-state index contributed by atoms with van der Waals surface area (Å²) in [5.41, 5.74) is 2.83. The molecule has 6 nitrogen and oxygen atoms in total. The number of aromatic nitrogens is 3. The van der Waals surface area contributed by atoms with Gasteiger partial charge in [-0.2, -0.15) is 4.98 Å². The van der Waals surface area contributed by atoms with Crippen LogP contribution in [-0.2, 0) is 4.74 Å². The number of ether oxygens (including phenoxy) is 1. The molecular weight excluding hydrogens is 256 g/mol. The van der Waals surface area contributed by atoms with Crippen molar-refractivity contribution >= 4 is 0 Å². The third-order valence-corrected chi connectivity index (χ3v) is 3.50. The molecule has 1 saturated heterocycles. The van der Waals surface area contributed by atoms with Crippen LogP contribution in [0.2, 0.25) is 0 Å². The molecule has 2 unspecified atom stereocenters. The van der Waals surface area contributed by atoms with Crippen molar-refractivity contribution < 1.29 is 9.26 Å². The zero-order chi connectivity index (χ0) is 14.1. The number of hydrogen-bond acceptors (Lipinski definition) is 6. The molecule has 1 N–H and O–H groups in total. The van der Waals surface area contributed by atoms with E-state index in [1.165, 1.54) is 0 Å². The van der Waals surface area contributed by atoms with Crippen LogP contribution in [0.15, 0.2) is 16.7 Å². The van der Waals surface area contributed by atoms with E-state index in [9.17, 15) is 0 Å². The lowest BCUT2D eigenvalue weighted by Crippen LogP contribution is -2.16. The zero-order valence-corrected chi connectivity index (χ0v) is 11.9. The minimum Gasteiger partial charge on any atom is -0.380 e. The molecule has 1 fully saturated rings. The summed E-state index contributed by atoms with van der Waals surface area (Å²) in [5.74, 6) is 1.22. The maximum Gasteiger partial charge on any atom is 0.244 e. The molecule has 0 bridgehead atoms. The molecule has 0 aliphatic carbocycles. The topological polar surface area (TPSA) is 73.1 Å². The Balaban J connectivity index is 1.83. The molecule has 0 radical (unpaired) electrons. The van der Waals surface area contributed by atoms with E-state index in [1.807, 2.05) is 26.0 Å². The van der Waals surface area contributed by atoms with E-state index in [4.69, 9.17) is 9.26 Å². The van der Waals surface area contributed by atoms with Crippen molar-refractivity contribution in [1.29, 1.82) is 0 Å². The van der Waals surface area contributed by atoms with Gasteiger partial charge < -0.3 is 14.6 Å². The van der Waals surface area contributed by atoms with E-state index in [2.05, 4.69) is 20.4 Å². The quantitative estimate of drug-likeness (QED) is 0.920. The number of rotatable bonds is 3. The fourth-order valence-corrected chi connectivity index (χ4v) is 2.53. The summed E-state index contributed by atoms with van der Waals surface area (Å²) >= 11 is 0. The lowest BCUT2D eigenvalue weighted by Gasteiger charge is -2.04. The van der Waals surface area contributed by atoms with Gasteiger partial charge in [0.1, 0.15) is 0 Å².